The van der Waals surface area contributed by atoms with Crippen LogP contribution in [0, 0.1) is 0 Å². The summed E-state index contributed by atoms with van der Waals surface area (Å²) in [6.07, 6.45) is 7.71. The predicted molar refractivity (Wildman–Crippen MR) is 65.8 cm³/mol. The van der Waals surface area contributed by atoms with E-state index < -0.39 is 0 Å². The topological polar surface area (TPSA) is 67.6 Å². The minimum atomic E-state index is 0.844. The van der Waals surface area contributed by atoms with E-state index in [1.54, 1.807) is 18.6 Å². The van der Waals surface area contributed by atoms with Gasteiger partial charge in [-0.15, -0.1) is 0 Å². The standard InChI is InChI=1S/C8H7N3.C4H11N/c1-2-7(6-9-4-1)8-3-5-10-11-8;1-2-3-4-5/h1-6H,(H,10,11);2-5H2,1H3. The van der Waals surface area contributed by atoms with Crippen LogP contribution in [-0.2, 0) is 0 Å². The number of unbranched alkanes of at least 4 members (excludes halogenated alkanes) is 1. The predicted octanol–water partition coefficient (Wildman–Crippen LogP) is 2.22. The molecule has 86 valence electrons. The fraction of sp³-hybridized carbons (Fsp3) is 0.333. The summed E-state index contributed by atoms with van der Waals surface area (Å²) in [7, 11) is 0. The Balaban J connectivity index is 0.000000221. The van der Waals surface area contributed by atoms with E-state index in [1.807, 2.05) is 18.2 Å². The van der Waals surface area contributed by atoms with E-state index in [0.717, 1.165) is 17.8 Å². The zero-order chi connectivity index (χ0) is 11.6. The summed E-state index contributed by atoms with van der Waals surface area (Å²) in [6, 6.07) is 5.78. The van der Waals surface area contributed by atoms with Crippen molar-refractivity contribution in [2.75, 3.05) is 6.54 Å². The molecule has 0 saturated heterocycles. The molecule has 0 aliphatic rings. The summed E-state index contributed by atoms with van der Waals surface area (Å²) < 4.78 is 0. The fourth-order valence-corrected chi connectivity index (χ4v) is 1.14. The van der Waals surface area contributed by atoms with Crippen LogP contribution in [0.3, 0.4) is 0 Å². The molecule has 3 N–H and O–H groups in total. The average Bonchev–Trinajstić information content (AvgIpc) is 2.86. The van der Waals surface area contributed by atoms with Crippen molar-refractivity contribution in [3.63, 3.8) is 0 Å². The van der Waals surface area contributed by atoms with Crippen molar-refractivity contribution in [1.29, 1.82) is 0 Å². The first-order valence-electron chi connectivity index (χ1n) is 5.48. The summed E-state index contributed by atoms with van der Waals surface area (Å²) in [5, 5.41) is 6.77. The quantitative estimate of drug-likeness (QED) is 0.830. The highest BCUT2D eigenvalue weighted by molar-refractivity contribution is 5.56. The number of aromatic nitrogens is 3. The van der Waals surface area contributed by atoms with E-state index in [1.165, 1.54) is 12.8 Å². The number of nitrogens with two attached hydrogens (primary N) is 1. The molecule has 0 unspecified atom stereocenters. The molecule has 0 atom stereocenters. The number of nitrogens with zero attached hydrogens (tertiary/aromatic N) is 2. The number of hydrogen-bond donors (Lipinski definition) is 2. The van der Waals surface area contributed by atoms with Gasteiger partial charge in [0.05, 0.1) is 5.69 Å². The molecule has 2 aromatic heterocycles. The van der Waals surface area contributed by atoms with Crippen LogP contribution >= 0.6 is 0 Å². The molecule has 2 heterocycles. The maximum absolute atomic E-state index is 5.14. The molecule has 16 heavy (non-hydrogen) atoms. The molecule has 0 radical (unpaired) electrons. The van der Waals surface area contributed by atoms with Crippen molar-refractivity contribution in [2.24, 2.45) is 5.73 Å². The molecule has 0 aromatic carbocycles. The SMILES string of the molecule is CCCCN.c1cncc(-c2cc[nH]n2)c1. The number of H-pyrrole nitrogens is 1. The summed E-state index contributed by atoms with van der Waals surface area (Å²) in [6.45, 7) is 2.98. The lowest BCUT2D eigenvalue weighted by molar-refractivity contribution is 0.807. The first-order chi connectivity index (χ1) is 7.88. The minimum absolute atomic E-state index is 0.844. The van der Waals surface area contributed by atoms with E-state index in [0.29, 0.717) is 0 Å². The molecule has 0 bridgehead atoms. The number of hydrogen-bond acceptors (Lipinski definition) is 3. The summed E-state index contributed by atoms with van der Waals surface area (Å²) in [5.41, 5.74) is 7.10. The normalized spacial score (nSPS) is 9.38. The van der Waals surface area contributed by atoms with Crippen molar-refractivity contribution < 1.29 is 0 Å². The summed E-state index contributed by atoms with van der Waals surface area (Å²) in [5.74, 6) is 0. The third kappa shape index (κ3) is 4.23. The Bertz CT molecular complexity index is 354. The van der Waals surface area contributed by atoms with Gasteiger partial charge in [-0.25, -0.2) is 0 Å². The van der Waals surface area contributed by atoms with Gasteiger partial charge >= 0.3 is 0 Å². The van der Waals surface area contributed by atoms with Gasteiger partial charge in [-0.2, -0.15) is 5.10 Å². The fourth-order valence-electron chi connectivity index (χ4n) is 1.14. The Morgan fingerprint density at radius 3 is 2.69 bits per heavy atom. The average molecular weight is 218 g/mol. The highest BCUT2D eigenvalue weighted by Crippen LogP contribution is 2.12. The lowest BCUT2D eigenvalue weighted by Crippen LogP contribution is -1.95. The Labute approximate surface area is 95.9 Å². The van der Waals surface area contributed by atoms with Crippen LogP contribution in [0.25, 0.3) is 11.3 Å². The van der Waals surface area contributed by atoms with Crippen molar-refractivity contribution in [3.8, 4) is 11.3 Å². The molecule has 4 nitrogen and oxygen atoms in total. The summed E-state index contributed by atoms with van der Waals surface area (Å²) >= 11 is 0. The van der Waals surface area contributed by atoms with Crippen LogP contribution in [0.5, 0.6) is 0 Å². The second kappa shape index (κ2) is 7.59. The maximum Gasteiger partial charge on any atom is 0.0936 e. The van der Waals surface area contributed by atoms with E-state index in [9.17, 15) is 0 Å². The molecule has 0 fully saturated rings. The smallest absolute Gasteiger partial charge is 0.0936 e. The molecule has 4 heteroatoms. The number of rotatable bonds is 3. The molecular formula is C12H18N4. The Hall–Kier alpha value is -1.68. The van der Waals surface area contributed by atoms with Gasteiger partial charge < -0.3 is 5.73 Å². The van der Waals surface area contributed by atoms with Gasteiger partial charge in [0.1, 0.15) is 0 Å². The molecule has 0 saturated carbocycles. The minimum Gasteiger partial charge on any atom is -0.330 e. The van der Waals surface area contributed by atoms with Crippen LogP contribution in [0.15, 0.2) is 36.8 Å². The van der Waals surface area contributed by atoms with E-state index in [-0.39, 0.29) is 0 Å². The van der Waals surface area contributed by atoms with Crippen LogP contribution in [0.4, 0.5) is 0 Å². The molecule has 0 amide bonds. The van der Waals surface area contributed by atoms with Gasteiger partial charge in [0, 0.05) is 24.2 Å². The highest BCUT2D eigenvalue weighted by Gasteiger charge is 1.96. The van der Waals surface area contributed by atoms with Gasteiger partial charge in [-0.3, -0.25) is 10.1 Å². The highest BCUT2D eigenvalue weighted by atomic mass is 15.1. The number of aromatic amines is 1. The van der Waals surface area contributed by atoms with Gasteiger partial charge in [0.15, 0.2) is 0 Å². The van der Waals surface area contributed by atoms with Gasteiger partial charge in [-0.05, 0) is 31.2 Å². The zero-order valence-electron chi connectivity index (χ0n) is 9.56. The second-order valence-electron chi connectivity index (χ2n) is 3.34. The van der Waals surface area contributed by atoms with Gasteiger partial charge in [-0.1, -0.05) is 13.3 Å². The van der Waals surface area contributed by atoms with Gasteiger partial charge in [0.2, 0.25) is 0 Å². The Morgan fingerprint density at radius 1 is 1.38 bits per heavy atom. The Kier molecular flexibility index (Phi) is 5.88. The molecule has 0 aliphatic carbocycles. The lowest BCUT2D eigenvalue weighted by atomic mass is 10.2. The number of pyridine rings is 1. The molecule has 2 rings (SSSR count). The van der Waals surface area contributed by atoms with Crippen molar-refractivity contribution in [1.82, 2.24) is 15.2 Å². The lowest BCUT2D eigenvalue weighted by Gasteiger charge is -1.91. The Morgan fingerprint density at radius 2 is 2.25 bits per heavy atom. The monoisotopic (exact) mass is 218 g/mol. The third-order valence-electron chi connectivity index (χ3n) is 2.02. The maximum atomic E-state index is 5.14. The van der Waals surface area contributed by atoms with Crippen molar-refractivity contribution in [3.05, 3.63) is 36.8 Å². The van der Waals surface area contributed by atoms with Crippen LogP contribution in [0.1, 0.15) is 19.8 Å². The summed E-state index contributed by atoms with van der Waals surface area (Å²) in [4.78, 5) is 3.99. The second-order valence-corrected chi connectivity index (χ2v) is 3.34. The van der Waals surface area contributed by atoms with Crippen molar-refractivity contribution in [2.45, 2.75) is 19.8 Å². The van der Waals surface area contributed by atoms with Crippen molar-refractivity contribution >= 4 is 0 Å². The van der Waals surface area contributed by atoms with E-state index in [2.05, 4.69) is 22.1 Å². The van der Waals surface area contributed by atoms with Crippen LogP contribution < -0.4 is 5.73 Å². The first kappa shape index (κ1) is 12.4. The molecule has 0 aliphatic heterocycles. The van der Waals surface area contributed by atoms with E-state index in [4.69, 9.17) is 5.73 Å². The van der Waals surface area contributed by atoms with Crippen LogP contribution in [0.2, 0.25) is 0 Å². The van der Waals surface area contributed by atoms with Gasteiger partial charge in [0.25, 0.3) is 0 Å². The third-order valence-corrected chi connectivity index (χ3v) is 2.02. The molecular weight excluding hydrogens is 200 g/mol. The first-order valence-corrected chi connectivity index (χ1v) is 5.48. The molecule has 0 spiro atoms. The molecule has 2 aromatic rings. The number of nitrogens with one attached hydrogen (secondary N) is 1. The largest absolute Gasteiger partial charge is 0.330 e. The zero-order valence-corrected chi connectivity index (χ0v) is 9.56. The van der Waals surface area contributed by atoms with E-state index >= 15 is 0 Å². The van der Waals surface area contributed by atoms with Crippen LogP contribution in [-0.4, -0.2) is 21.7 Å².